The largest absolute Gasteiger partial charge is 0.464 e. The normalized spacial score (nSPS) is 14.8. The Morgan fingerprint density at radius 3 is 2.76 bits per heavy atom. The molecule has 0 unspecified atom stereocenters. The molecule has 1 aliphatic rings. The highest BCUT2D eigenvalue weighted by atomic mass is 16.5. The minimum atomic E-state index is -0.362. The summed E-state index contributed by atoms with van der Waals surface area (Å²) in [5.41, 5.74) is 3.54. The molecule has 0 amide bonds. The minimum Gasteiger partial charge on any atom is -0.464 e. The summed E-state index contributed by atoms with van der Waals surface area (Å²) in [5, 5.41) is 4.52. The highest BCUT2D eigenvalue weighted by Gasteiger charge is 2.28. The van der Waals surface area contributed by atoms with Gasteiger partial charge in [-0.1, -0.05) is 25.1 Å². The van der Waals surface area contributed by atoms with E-state index in [1.807, 2.05) is 35.0 Å². The van der Waals surface area contributed by atoms with Crippen LogP contribution in [0, 0.1) is 0 Å². The van der Waals surface area contributed by atoms with Gasteiger partial charge in [0.15, 0.2) is 5.69 Å². The lowest BCUT2D eigenvalue weighted by atomic mass is 10.0. The number of aromatic nitrogens is 2. The molecule has 1 aromatic carbocycles. The van der Waals surface area contributed by atoms with Crippen molar-refractivity contribution in [3.8, 4) is 5.69 Å². The Bertz CT molecular complexity index is 649. The van der Waals surface area contributed by atoms with E-state index in [-0.39, 0.29) is 5.97 Å². The second-order valence-electron chi connectivity index (χ2n) is 5.13. The number of hydrogen-bond acceptors (Lipinski definition) is 4. The number of likely N-dealkylation sites (N-methyl/N-ethyl adjacent to an activating group) is 1. The first-order chi connectivity index (χ1) is 10.2. The molecule has 0 saturated carbocycles. The average molecular weight is 285 g/mol. The van der Waals surface area contributed by atoms with Crippen LogP contribution in [-0.2, 0) is 17.7 Å². The van der Waals surface area contributed by atoms with Crippen LogP contribution < -0.4 is 0 Å². The summed E-state index contributed by atoms with van der Waals surface area (Å²) in [6.07, 6.45) is 0.891. The fourth-order valence-electron chi connectivity index (χ4n) is 2.79. The van der Waals surface area contributed by atoms with Gasteiger partial charge in [-0.05, 0) is 18.7 Å². The Hall–Kier alpha value is -2.14. The number of methoxy groups -OCH3 is 1. The van der Waals surface area contributed by atoms with Gasteiger partial charge in [0.1, 0.15) is 0 Å². The van der Waals surface area contributed by atoms with Crippen molar-refractivity contribution in [3.05, 3.63) is 47.3 Å². The summed E-state index contributed by atoms with van der Waals surface area (Å²) in [6.45, 7) is 4.84. The zero-order valence-electron chi connectivity index (χ0n) is 12.4. The third kappa shape index (κ3) is 2.45. The van der Waals surface area contributed by atoms with Gasteiger partial charge in [0.25, 0.3) is 0 Å². The maximum atomic E-state index is 12.0. The van der Waals surface area contributed by atoms with Crippen LogP contribution >= 0.6 is 0 Å². The fraction of sp³-hybridized carbons (Fsp3) is 0.375. The van der Waals surface area contributed by atoms with E-state index in [0.29, 0.717) is 5.69 Å². The van der Waals surface area contributed by atoms with E-state index in [1.54, 1.807) is 0 Å². The molecule has 0 bridgehead atoms. The maximum absolute atomic E-state index is 12.0. The van der Waals surface area contributed by atoms with Crippen LogP contribution in [0.25, 0.3) is 5.69 Å². The number of hydrogen-bond donors (Lipinski definition) is 0. The highest BCUT2D eigenvalue weighted by Crippen LogP contribution is 2.25. The third-order valence-electron chi connectivity index (χ3n) is 3.96. The molecule has 0 fully saturated rings. The van der Waals surface area contributed by atoms with Gasteiger partial charge >= 0.3 is 5.97 Å². The van der Waals surface area contributed by atoms with Gasteiger partial charge in [-0.2, -0.15) is 5.10 Å². The monoisotopic (exact) mass is 285 g/mol. The minimum absolute atomic E-state index is 0.362. The molecular weight excluding hydrogens is 266 g/mol. The quantitative estimate of drug-likeness (QED) is 0.810. The Balaban J connectivity index is 2.11. The molecule has 0 saturated heterocycles. The molecule has 0 aliphatic carbocycles. The number of para-hydroxylation sites is 1. The van der Waals surface area contributed by atoms with Gasteiger partial charge < -0.3 is 4.74 Å². The average Bonchev–Trinajstić information content (AvgIpc) is 2.93. The summed E-state index contributed by atoms with van der Waals surface area (Å²) in [6, 6.07) is 9.92. The van der Waals surface area contributed by atoms with Crippen LogP contribution in [0.2, 0.25) is 0 Å². The number of fused-ring (bicyclic) bond motifs is 1. The molecule has 5 heteroatoms. The van der Waals surface area contributed by atoms with Gasteiger partial charge in [-0.25, -0.2) is 9.48 Å². The molecule has 1 aliphatic heterocycles. The van der Waals surface area contributed by atoms with Crippen LogP contribution in [0.4, 0.5) is 0 Å². The Morgan fingerprint density at radius 1 is 1.33 bits per heavy atom. The molecule has 3 rings (SSSR count). The van der Waals surface area contributed by atoms with Crippen LogP contribution in [0.1, 0.15) is 28.7 Å². The first-order valence-electron chi connectivity index (χ1n) is 7.21. The summed E-state index contributed by atoms with van der Waals surface area (Å²) in [7, 11) is 1.40. The van der Waals surface area contributed by atoms with Crippen LogP contribution in [0.15, 0.2) is 30.3 Å². The summed E-state index contributed by atoms with van der Waals surface area (Å²) in [4.78, 5) is 14.3. The molecule has 0 radical (unpaired) electrons. The summed E-state index contributed by atoms with van der Waals surface area (Å²) < 4.78 is 6.77. The third-order valence-corrected chi connectivity index (χ3v) is 3.96. The van der Waals surface area contributed by atoms with Crippen molar-refractivity contribution >= 4 is 5.97 Å². The van der Waals surface area contributed by atoms with E-state index in [1.165, 1.54) is 7.11 Å². The first-order valence-corrected chi connectivity index (χ1v) is 7.21. The van der Waals surface area contributed by atoms with Crippen molar-refractivity contribution < 1.29 is 9.53 Å². The van der Waals surface area contributed by atoms with Gasteiger partial charge in [-0.3, -0.25) is 4.90 Å². The predicted molar refractivity (Wildman–Crippen MR) is 79.6 cm³/mol. The smallest absolute Gasteiger partial charge is 0.358 e. The number of nitrogens with zero attached hydrogens (tertiary/aromatic N) is 3. The SMILES string of the molecule is CCN1CCc2c(c(C(=O)OC)nn2-c2ccccc2)C1. The van der Waals surface area contributed by atoms with Crippen LogP contribution in [0.5, 0.6) is 0 Å². The molecule has 0 atom stereocenters. The van der Waals surface area contributed by atoms with Crippen molar-refractivity contribution in [2.45, 2.75) is 19.9 Å². The van der Waals surface area contributed by atoms with Gasteiger partial charge in [0.05, 0.1) is 18.5 Å². The van der Waals surface area contributed by atoms with E-state index in [2.05, 4.69) is 16.9 Å². The zero-order valence-corrected chi connectivity index (χ0v) is 12.4. The number of ether oxygens (including phenoxy) is 1. The molecule has 110 valence electrons. The van der Waals surface area contributed by atoms with Crippen molar-refractivity contribution in [1.29, 1.82) is 0 Å². The van der Waals surface area contributed by atoms with Crippen LogP contribution in [0.3, 0.4) is 0 Å². The molecule has 21 heavy (non-hydrogen) atoms. The Morgan fingerprint density at radius 2 is 2.10 bits per heavy atom. The Labute approximate surface area is 124 Å². The van der Waals surface area contributed by atoms with Gasteiger partial charge in [0.2, 0.25) is 0 Å². The molecule has 2 heterocycles. The van der Waals surface area contributed by atoms with Gasteiger partial charge in [0, 0.05) is 25.1 Å². The topological polar surface area (TPSA) is 47.4 Å². The number of benzene rings is 1. The van der Waals surface area contributed by atoms with Crippen molar-refractivity contribution in [2.24, 2.45) is 0 Å². The Kier molecular flexibility index (Phi) is 3.75. The number of carbonyl (C=O) groups excluding carboxylic acids is 1. The summed E-state index contributed by atoms with van der Waals surface area (Å²) >= 11 is 0. The second kappa shape index (κ2) is 5.69. The zero-order chi connectivity index (χ0) is 14.8. The standard InChI is InChI=1S/C16H19N3O2/c1-3-18-10-9-14-13(11-18)15(16(20)21-2)17-19(14)12-7-5-4-6-8-12/h4-8H,3,9-11H2,1-2H3. The van der Waals surface area contributed by atoms with E-state index in [9.17, 15) is 4.79 Å². The first kappa shape index (κ1) is 13.8. The van der Waals surface area contributed by atoms with E-state index in [0.717, 1.165) is 43.0 Å². The number of rotatable bonds is 3. The highest BCUT2D eigenvalue weighted by molar-refractivity contribution is 5.89. The van der Waals surface area contributed by atoms with Crippen LogP contribution in [-0.4, -0.2) is 40.8 Å². The lowest BCUT2D eigenvalue weighted by molar-refractivity contribution is 0.0591. The van der Waals surface area contributed by atoms with Crippen molar-refractivity contribution in [3.63, 3.8) is 0 Å². The lowest BCUT2D eigenvalue weighted by Gasteiger charge is -2.26. The number of carbonyl (C=O) groups is 1. The predicted octanol–water partition coefficient (Wildman–Crippen LogP) is 2.04. The van der Waals surface area contributed by atoms with Crippen molar-refractivity contribution in [1.82, 2.24) is 14.7 Å². The van der Waals surface area contributed by atoms with Crippen molar-refractivity contribution in [2.75, 3.05) is 20.2 Å². The number of esters is 1. The molecule has 0 N–H and O–H groups in total. The lowest BCUT2D eigenvalue weighted by Crippen LogP contribution is -2.31. The van der Waals surface area contributed by atoms with E-state index < -0.39 is 0 Å². The molecular formula is C16H19N3O2. The van der Waals surface area contributed by atoms with E-state index >= 15 is 0 Å². The maximum Gasteiger partial charge on any atom is 0.358 e. The second-order valence-corrected chi connectivity index (χ2v) is 5.13. The van der Waals surface area contributed by atoms with Gasteiger partial charge in [-0.15, -0.1) is 0 Å². The van der Waals surface area contributed by atoms with E-state index in [4.69, 9.17) is 4.74 Å². The fourth-order valence-corrected chi connectivity index (χ4v) is 2.79. The molecule has 0 spiro atoms. The molecule has 1 aromatic heterocycles. The molecule has 2 aromatic rings. The summed E-state index contributed by atoms with van der Waals surface area (Å²) in [5.74, 6) is -0.362. The molecule has 5 nitrogen and oxygen atoms in total.